The lowest BCUT2D eigenvalue weighted by atomic mass is 9.82. The molecule has 0 fully saturated rings. The molecule has 5 aromatic carbocycles. The van der Waals surface area contributed by atoms with E-state index in [1.807, 2.05) is 0 Å². The van der Waals surface area contributed by atoms with E-state index in [2.05, 4.69) is 0 Å². The van der Waals surface area contributed by atoms with Gasteiger partial charge in [-0.3, -0.25) is 38.1 Å². The molecule has 0 spiro atoms. The highest BCUT2D eigenvalue weighted by Crippen LogP contribution is 2.46. The molecule has 0 radical (unpaired) electrons. The van der Waals surface area contributed by atoms with Gasteiger partial charge >= 0.3 is 15.2 Å². The number of carbonyl (C=O) groups is 4. The zero-order valence-corrected chi connectivity index (χ0v) is 24.7. The first-order chi connectivity index (χ1) is 20.8. The second-order valence-electron chi connectivity index (χ2n) is 11.2. The third-order valence-electron chi connectivity index (χ3n) is 8.47. The van der Waals surface area contributed by atoms with Crippen LogP contribution in [0.2, 0.25) is 0 Å². The van der Waals surface area contributed by atoms with Crippen molar-refractivity contribution < 1.29 is 47.9 Å². The van der Waals surface area contributed by atoms with Crippen molar-refractivity contribution in [2.24, 2.45) is 0 Å². The molecule has 0 bridgehead atoms. The predicted molar refractivity (Wildman–Crippen MR) is 161 cm³/mol. The summed E-state index contributed by atoms with van der Waals surface area (Å²) >= 11 is 0. The molecule has 2 aliphatic heterocycles. The Hall–Kier alpha value is -4.02. The third-order valence-corrected chi connectivity index (χ3v) is 10.3. The molecule has 7 rings (SSSR count). The van der Waals surface area contributed by atoms with Crippen molar-refractivity contribution in [1.82, 2.24) is 9.80 Å². The molecule has 224 valence electrons. The molecule has 12 nitrogen and oxygen atoms in total. The van der Waals surface area contributed by atoms with Crippen LogP contribution in [0.25, 0.3) is 43.1 Å². The SMILES string of the molecule is O=C1c2ccc3c4ccc5c6c(ccc(c7ccc(c2c37)C(=O)N1CCCP(=O)(O)O)c64)C(=O)N(CCCP(=O)(O)O)C5=O. The Morgan fingerprint density at radius 1 is 0.455 bits per heavy atom. The Bertz CT molecular complexity index is 1960. The molecule has 2 heterocycles. The number of hydrogen-bond acceptors (Lipinski definition) is 6. The Balaban J connectivity index is 1.38. The van der Waals surface area contributed by atoms with Gasteiger partial charge in [-0.15, -0.1) is 0 Å². The molecule has 0 aromatic heterocycles. The minimum Gasteiger partial charge on any atom is -0.324 e. The lowest BCUT2D eigenvalue weighted by Crippen LogP contribution is -2.41. The molecule has 4 amide bonds. The van der Waals surface area contributed by atoms with Gasteiger partial charge in [-0.25, -0.2) is 0 Å². The smallest absolute Gasteiger partial charge is 0.324 e. The van der Waals surface area contributed by atoms with Gasteiger partial charge in [-0.05, 0) is 69.4 Å². The number of hydrogen-bond donors (Lipinski definition) is 4. The number of carbonyl (C=O) groups excluding carboxylic acids is 4. The summed E-state index contributed by atoms with van der Waals surface area (Å²) < 4.78 is 22.6. The van der Waals surface area contributed by atoms with Crippen LogP contribution in [0.1, 0.15) is 54.3 Å². The van der Waals surface area contributed by atoms with Crippen molar-refractivity contribution in [2.75, 3.05) is 25.4 Å². The van der Waals surface area contributed by atoms with Crippen LogP contribution in [0.3, 0.4) is 0 Å². The Kier molecular flexibility index (Phi) is 6.36. The third kappa shape index (κ3) is 4.29. The van der Waals surface area contributed by atoms with E-state index in [1.165, 1.54) is 0 Å². The molecule has 44 heavy (non-hydrogen) atoms. The number of rotatable bonds is 8. The molecule has 4 N–H and O–H groups in total. The van der Waals surface area contributed by atoms with Crippen molar-refractivity contribution in [3.8, 4) is 0 Å². The first-order valence-corrected chi connectivity index (χ1v) is 17.4. The van der Waals surface area contributed by atoms with E-state index in [9.17, 15) is 47.9 Å². The van der Waals surface area contributed by atoms with Gasteiger partial charge in [-0.1, -0.05) is 24.3 Å². The summed E-state index contributed by atoms with van der Waals surface area (Å²) in [7, 11) is -8.59. The first-order valence-electron chi connectivity index (χ1n) is 13.8. The maximum Gasteiger partial charge on any atom is 0.325 e. The van der Waals surface area contributed by atoms with Crippen LogP contribution in [0.15, 0.2) is 48.5 Å². The van der Waals surface area contributed by atoms with Gasteiger partial charge in [0, 0.05) is 46.1 Å². The van der Waals surface area contributed by atoms with E-state index in [-0.39, 0.29) is 25.9 Å². The average molecular weight is 634 g/mol. The summed E-state index contributed by atoms with van der Waals surface area (Å²) in [5.74, 6) is -2.21. The lowest BCUT2D eigenvalue weighted by molar-refractivity contribution is 0.0595. The Labute approximate surface area is 248 Å². The normalized spacial score (nSPS) is 15.6. The Morgan fingerprint density at radius 2 is 0.727 bits per heavy atom. The van der Waals surface area contributed by atoms with Gasteiger partial charge < -0.3 is 19.6 Å². The second-order valence-corrected chi connectivity index (χ2v) is 14.7. The van der Waals surface area contributed by atoms with Crippen LogP contribution in [0.4, 0.5) is 0 Å². The van der Waals surface area contributed by atoms with E-state index in [1.54, 1.807) is 48.5 Å². The van der Waals surface area contributed by atoms with Crippen LogP contribution in [0.5, 0.6) is 0 Å². The molecule has 14 heteroatoms. The number of imide groups is 2. The van der Waals surface area contributed by atoms with Crippen LogP contribution in [-0.4, -0.2) is 78.4 Å². The molecule has 0 unspecified atom stereocenters. The number of amides is 4. The predicted octanol–water partition coefficient (Wildman–Crippen LogP) is 4.06. The van der Waals surface area contributed by atoms with Crippen molar-refractivity contribution in [1.29, 1.82) is 0 Å². The van der Waals surface area contributed by atoms with E-state index in [4.69, 9.17) is 0 Å². The fourth-order valence-electron chi connectivity index (χ4n) is 6.64. The molecular formula is C30H24N2O10P2. The summed E-state index contributed by atoms with van der Waals surface area (Å²) in [6.07, 6.45) is -1.000. The summed E-state index contributed by atoms with van der Waals surface area (Å²) in [5.41, 5.74) is 1.17. The number of nitrogens with zero attached hydrogens (tertiary/aromatic N) is 2. The van der Waals surface area contributed by atoms with E-state index >= 15 is 0 Å². The zero-order valence-electron chi connectivity index (χ0n) is 22.9. The van der Waals surface area contributed by atoms with Crippen molar-refractivity contribution in [2.45, 2.75) is 12.8 Å². The maximum absolute atomic E-state index is 13.5. The minimum absolute atomic E-state index is 0.0466. The summed E-state index contributed by atoms with van der Waals surface area (Å²) in [6, 6.07) is 13.5. The standard InChI is InChI=1S/C30H24N2O10P2/c33-27-19-7-3-15-17-5-9-21-26-22(30(36)32(29(21)35)12-2-14-44(40,41)42)10-6-18(24(17)26)16-4-8-20(25(19)23(15)16)28(34)31(27)11-1-13-43(37,38)39/h3-10H,1-2,11-14H2,(H2,37,38,39)(H2,40,41,42). The number of benzene rings is 5. The van der Waals surface area contributed by atoms with Crippen LogP contribution in [0, 0.1) is 0 Å². The molecule has 0 saturated heterocycles. The van der Waals surface area contributed by atoms with Gasteiger partial charge in [0.05, 0.1) is 12.3 Å². The molecule has 0 aliphatic carbocycles. The minimum atomic E-state index is -4.30. The molecular weight excluding hydrogens is 610 g/mol. The Morgan fingerprint density at radius 3 is 0.977 bits per heavy atom. The molecule has 5 aromatic rings. The van der Waals surface area contributed by atoms with Crippen molar-refractivity contribution in [3.63, 3.8) is 0 Å². The highest BCUT2D eigenvalue weighted by atomic mass is 31.2. The molecule has 0 saturated carbocycles. The fourth-order valence-corrected chi connectivity index (χ4v) is 7.75. The van der Waals surface area contributed by atoms with Gasteiger partial charge in [0.2, 0.25) is 0 Å². The monoisotopic (exact) mass is 634 g/mol. The summed E-state index contributed by atoms with van der Waals surface area (Å²) in [5, 5.41) is 5.19. The van der Waals surface area contributed by atoms with E-state index in [0.29, 0.717) is 43.8 Å². The maximum atomic E-state index is 13.5. The first kappa shape index (κ1) is 28.7. The average Bonchev–Trinajstić information content (AvgIpc) is 2.96. The lowest BCUT2D eigenvalue weighted by Gasteiger charge is -2.30. The highest BCUT2D eigenvalue weighted by Gasteiger charge is 2.37. The van der Waals surface area contributed by atoms with Gasteiger partial charge in [-0.2, -0.15) is 0 Å². The molecule has 2 aliphatic rings. The van der Waals surface area contributed by atoms with Crippen molar-refractivity contribution in [3.05, 3.63) is 70.8 Å². The second kappa shape index (κ2) is 9.74. The summed E-state index contributed by atoms with van der Waals surface area (Å²) in [6.45, 7) is -0.279. The summed E-state index contributed by atoms with van der Waals surface area (Å²) in [4.78, 5) is 92.8. The largest absolute Gasteiger partial charge is 0.325 e. The topological polar surface area (TPSA) is 190 Å². The molecule has 0 atom stereocenters. The van der Waals surface area contributed by atoms with Crippen LogP contribution < -0.4 is 0 Å². The van der Waals surface area contributed by atoms with Gasteiger partial charge in [0.1, 0.15) is 0 Å². The van der Waals surface area contributed by atoms with Crippen molar-refractivity contribution >= 4 is 81.9 Å². The van der Waals surface area contributed by atoms with Gasteiger partial charge in [0.25, 0.3) is 23.6 Å². The quantitative estimate of drug-likeness (QED) is 0.0838. The van der Waals surface area contributed by atoms with Crippen LogP contribution >= 0.6 is 15.2 Å². The zero-order chi connectivity index (χ0) is 31.3. The highest BCUT2D eigenvalue weighted by molar-refractivity contribution is 7.52. The van der Waals surface area contributed by atoms with Crippen LogP contribution in [-0.2, 0) is 9.13 Å². The van der Waals surface area contributed by atoms with Gasteiger partial charge in [0.15, 0.2) is 0 Å². The van der Waals surface area contributed by atoms with E-state index in [0.717, 1.165) is 31.3 Å². The fraction of sp³-hybridized carbons (Fsp3) is 0.200. The van der Waals surface area contributed by atoms with E-state index < -0.39 is 51.1 Å². The number of fused-ring (bicyclic) bond motifs is 2.